The van der Waals surface area contributed by atoms with Gasteiger partial charge < -0.3 is 26.0 Å². The number of rotatable bonds is 4. The molecule has 1 aliphatic heterocycles. The van der Waals surface area contributed by atoms with Gasteiger partial charge >= 0.3 is 17.9 Å². The van der Waals surface area contributed by atoms with E-state index < -0.39 is 35.6 Å². The number of aliphatic carboxylic acids is 1. The Balaban J connectivity index is 2.66. The summed E-state index contributed by atoms with van der Waals surface area (Å²) in [5.74, 6) is -6.39. The quantitative estimate of drug-likeness (QED) is 0.306. The number of para-hydroxylation sites is 1. The molecule has 0 amide bonds. The number of ether oxygens (including phenoxy) is 2. The minimum atomic E-state index is -1.65. The Morgan fingerprint density at radius 1 is 1.26 bits per heavy atom. The van der Waals surface area contributed by atoms with Crippen molar-refractivity contribution in [2.45, 2.75) is 12.8 Å². The Labute approximate surface area is 131 Å². The lowest BCUT2D eigenvalue weighted by Gasteiger charge is -2.30. The monoisotopic (exact) mass is 320 g/mol. The second-order valence-corrected chi connectivity index (χ2v) is 4.84. The van der Waals surface area contributed by atoms with Crippen LogP contribution in [0.3, 0.4) is 0 Å². The smallest absolute Gasteiger partial charge is 0.338 e. The summed E-state index contributed by atoms with van der Waals surface area (Å²) in [5.41, 5.74) is 11.2. The van der Waals surface area contributed by atoms with Gasteiger partial charge in [0.2, 0.25) is 0 Å². The van der Waals surface area contributed by atoms with Gasteiger partial charge in [0.25, 0.3) is 0 Å². The van der Waals surface area contributed by atoms with Crippen LogP contribution in [0.5, 0.6) is 5.75 Å². The summed E-state index contributed by atoms with van der Waals surface area (Å²) in [5, 5.41) is 9.39. The van der Waals surface area contributed by atoms with Crippen molar-refractivity contribution in [3.05, 3.63) is 41.2 Å². The molecule has 0 aliphatic carbocycles. The maximum atomic E-state index is 12.2. The Kier molecular flexibility index (Phi) is 4.54. The summed E-state index contributed by atoms with van der Waals surface area (Å²) in [6.07, 6.45) is 0. The average molecular weight is 320 g/mol. The predicted octanol–water partition coefficient (Wildman–Crippen LogP) is 0.0821. The highest BCUT2D eigenvalue weighted by molar-refractivity contribution is 6.02. The van der Waals surface area contributed by atoms with Crippen LogP contribution < -0.4 is 16.2 Å². The van der Waals surface area contributed by atoms with Gasteiger partial charge in [-0.1, -0.05) is 18.2 Å². The van der Waals surface area contributed by atoms with Crippen LogP contribution in [0.1, 0.15) is 18.4 Å². The number of hydrogen-bond acceptors (Lipinski definition) is 7. The fourth-order valence-corrected chi connectivity index (χ4v) is 2.52. The van der Waals surface area contributed by atoms with Crippen LogP contribution in [0, 0.1) is 5.92 Å². The van der Waals surface area contributed by atoms with Crippen molar-refractivity contribution >= 4 is 17.9 Å². The van der Waals surface area contributed by atoms with Crippen molar-refractivity contribution < 1.29 is 29.0 Å². The normalized spacial score (nSPS) is 19.3. The van der Waals surface area contributed by atoms with E-state index in [1.165, 1.54) is 6.07 Å². The SMILES string of the molecule is CCOC(=O)C(=C(N)N)C1c2ccccc2OC(=O)C1C(=O)O. The molecule has 0 radical (unpaired) electrons. The summed E-state index contributed by atoms with van der Waals surface area (Å²) in [7, 11) is 0. The molecule has 1 aromatic carbocycles. The number of carboxylic acids is 1. The molecule has 0 fully saturated rings. The first-order valence-corrected chi connectivity index (χ1v) is 6.84. The van der Waals surface area contributed by atoms with Crippen molar-refractivity contribution in [3.8, 4) is 5.75 Å². The fraction of sp³-hybridized carbons (Fsp3) is 0.267. The third-order valence-corrected chi connectivity index (χ3v) is 3.44. The number of benzene rings is 1. The molecule has 5 N–H and O–H groups in total. The van der Waals surface area contributed by atoms with E-state index in [1.54, 1.807) is 25.1 Å². The lowest BCUT2D eigenvalue weighted by atomic mass is 9.78. The zero-order chi connectivity index (χ0) is 17.1. The van der Waals surface area contributed by atoms with Gasteiger partial charge in [0, 0.05) is 11.5 Å². The molecule has 0 aromatic heterocycles. The number of hydrogen-bond donors (Lipinski definition) is 3. The molecule has 2 atom stereocenters. The van der Waals surface area contributed by atoms with Gasteiger partial charge in [-0.15, -0.1) is 0 Å². The molecule has 0 saturated heterocycles. The van der Waals surface area contributed by atoms with Gasteiger partial charge in [0.05, 0.1) is 12.2 Å². The third kappa shape index (κ3) is 2.96. The van der Waals surface area contributed by atoms with Gasteiger partial charge in [0.15, 0.2) is 5.92 Å². The lowest BCUT2D eigenvalue weighted by molar-refractivity contribution is -0.155. The molecule has 0 spiro atoms. The summed E-state index contributed by atoms with van der Waals surface area (Å²) < 4.78 is 9.92. The van der Waals surface area contributed by atoms with Crippen LogP contribution in [0.2, 0.25) is 0 Å². The Morgan fingerprint density at radius 3 is 2.48 bits per heavy atom. The van der Waals surface area contributed by atoms with Gasteiger partial charge in [-0.3, -0.25) is 9.59 Å². The summed E-state index contributed by atoms with van der Waals surface area (Å²) in [6, 6.07) is 6.28. The van der Waals surface area contributed by atoms with Crippen LogP contribution in [-0.4, -0.2) is 29.6 Å². The van der Waals surface area contributed by atoms with E-state index in [-0.39, 0.29) is 17.9 Å². The van der Waals surface area contributed by atoms with Crippen LogP contribution in [-0.2, 0) is 19.1 Å². The Bertz CT molecular complexity index is 693. The van der Waals surface area contributed by atoms with Crippen molar-refractivity contribution in [2.24, 2.45) is 17.4 Å². The molecule has 2 rings (SSSR count). The number of nitrogens with two attached hydrogens (primary N) is 2. The van der Waals surface area contributed by atoms with Crippen molar-refractivity contribution in [1.29, 1.82) is 0 Å². The lowest BCUT2D eigenvalue weighted by Crippen LogP contribution is -2.40. The maximum Gasteiger partial charge on any atom is 0.338 e. The molecule has 0 bridgehead atoms. The molecule has 2 unspecified atom stereocenters. The van der Waals surface area contributed by atoms with Gasteiger partial charge in [-0.2, -0.15) is 0 Å². The highest BCUT2D eigenvalue weighted by atomic mass is 16.5. The minimum Gasteiger partial charge on any atom is -0.481 e. The van der Waals surface area contributed by atoms with E-state index in [2.05, 4.69) is 0 Å². The molecule has 1 heterocycles. The first kappa shape index (κ1) is 16.3. The van der Waals surface area contributed by atoms with Crippen LogP contribution in [0.15, 0.2) is 35.7 Å². The zero-order valence-corrected chi connectivity index (χ0v) is 12.3. The largest absolute Gasteiger partial charge is 0.481 e. The number of carboxylic acid groups (broad SMARTS) is 1. The third-order valence-electron chi connectivity index (χ3n) is 3.44. The Morgan fingerprint density at radius 2 is 1.91 bits per heavy atom. The molecule has 122 valence electrons. The van der Waals surface area contributed by atoms with Crippen molar-refractivity contribution in [1.82, 2.24) is 0 Å². The molecule has 23 heavy (non-hydrogen) atoms. The summed E-state index contributed by atoms with van der Waals surface area (Å²) >= 11 is 0. The van der Waals surface area contributed by atoms with E-state index >= 15 is 0 Å². The maximum absolute atomic E-state index is 12.2. The van der Waals surface area contributed by atoms with E-state index in [9.17, 15) is 19.5 Å². The molecule has 0 saturated carbocycles. The molecule has 1 aliphatic rings. The van der Waals surface area contributed by atoms with E-state index in [1.807, 2.05) is 0 Å². The number of carbonyl (C=O) groups excluding carboxylic acids is 2. The van der Waals surface area contributed by atoms with Crippen molar-refractivity contribution in [3.63, 3.8) is 0 Å². The molecular formula is C15H16N2O6. The topological polar surface area (TPSA) is 142 Å². The van der Waals surface area contributed by atoms with E-state index in [0.29, 0.717) is 5.56 Å². The van der Waals surface area contributed by atoms with Crippen LogP contribution in [0.25, 0.3) is 0 Å². The highest BCUT2D eigenvalue weighted by Crippen LogP contribution is 2.42. The number of esters is 2. The van der Waals surface area contributed by atoms with Gasteiger partial charge in [-0.25, -0.2) is 4.79 Å². The highest BCUT2D eigenvalue weighted by Gasteiger charge is 2.47. The van der Waals surface area contributed by atoms with Crippen LogP contribution >= 0.6 is 0 Å². The summed E-state index contributed by atoms with van der Waals surface area (Å²) in [4.78, 5) is 35.8. The first-order chi connectivity index (χ1) is 10.9. The predicted molar refractivity (Wildman–Crippen MR) is 78.0 cm³/mol. The molecule has 1 aromatic rings. The summed E-state index contributed by atoms with van der Waals surface area (Å²) in [6.45, 7) is 1.63. The van der Waals surface area contributed by atoms with E-state index in [0.717, 1.165) is 0 Å². The molecule has 8 heteroatoms. The average Bonchev–Trinajstić information content (AvgIpc) is 2.46. The standard InChI is InChI=1S/C15H16N2O6/c1-2-22-14(20)10(12(16)17)9-7-5-3-4-6-8(7)23-15(21)11(9)13(18)19/h3-6,9,11H,2,16-17H2,1H3,(H,18,19). The van der Waals surface area contributed by atoms with Gasteiger partial charge in [-0.05, 0) is 13.0 Å². The van der Waals surface area contributed by atoms with Gasteiger partial charge in [0.1, 0.15) is 11.6 Å². The minimum absolute atomic E-state index is 0.0478. The van der Waals surface area contributed by atoms with Crippen molar-refractivity contribution in [2.75, 3.05) is 6.61 Å². The second kappa shape index (κ2) is 6.39. The first-order valence-electron chi connectivity index (χ1n) is 6.84. The molecule has 8 nitrogen and oxygen atoms in total. The Hall–Kier alpha value is -3.03. The molecular weight excluding hydrogens is 304 g/mol. The number of carbonyl (C=O) groups is 3. The zero-order valence-electron chi connectivity index (χ0n) is 12.3. The van der Waals surface area contributed by atoms with Crippen LogP contribution in [0.4, 0.5) is 0 Å². The second-order valence-electron chi connectivity index (χ2n) is 4.84. The number of fused-ring (bicyclic) bond motifs is 1. The fourth-order valence-electron chi connectivity index (χ4n) is 2.52. The van der Waals surface area contributed by atoms with E-state index in [4.69, 9.17) is 20.9 Å².